The zero-order chi connectivity index (χ0) is 10.7. The number of nitrogen functional groups attached to an aromatic ring is 1. The number of nitrogens with zero attached hydrogens (tertiary/aromatic N) is 2. The number of nitrogens with two attached hydrogens (primary N) is 1. The molecule has 0 aliphatic carbocycles. The number of fused-ring (bicyclic) bond motifs is 1. The molecule has 4 heteroatoms. The first-order chi connectivity index (χ1) is 7.29. The molecule has 0 atom stereocenters. The van der Waals surface area contributed by atoms with Gasteiger partial charge in [0.2, 0.25) is 0 Å². The van der Waals surface area contributed by atoms with Gasteiger partial charge in [-0.25, -0.2) is 0 Å². The van der Waals surface area contributed by atoms with Gasteiger partial charge >= 0.3 is 0 Å². The molecule has 2 aromatic rings. The topological polar surface area (TPSA) is 53.1 Å². The minimum atomic E-state index is 0.694. The predicted octanol–water partition coefficient (Wildman–Crippen LogP) is 1.66. The lowest BCUT2D eigenvalue weighted by atomic mass is 10.2. The second-order valence-electron chi connectivity index (χ2n) is 3.41. The first-order valence-corrected chi connectivity index (χ1v) is 5.10. The molecule has 2 rings (SSSR count). The Kier molecular flexibility index (Phi) is 2.87. The number of ether oxygens (including phenoxy) is 1. The van der Waals surface area contributed by atoms with Gasteiger partial charge in [-0.1, -0.05) is 0 Å². The maximum absolute atomic E-state index is 5.68. The maximum Gasteiger partial charge on any atom is 0.0943 e. The van der Waals surface area contributed by atoms with Crippen LogP contribution in [0.5, 0.6) is 0 Å². The van der Waals surface area contributed by atoms with E-state index in [0.29, 0.717) is 6.61 Å². The van der Waals surface area contributed by atoms with E-state index in [1.807, 2.05) is 36.0 Å². The molecular formula is C11H15N3O. The van der Waals surface area contributed by atoms with Crippen molar-refractivity contribution in [3.05, 3.63) is 24.4 Å². The summed E-state index contributed by atoms with van der Waals surface area (Å²) in [6.07, 6.45) is 2.01. The number of hydrogen-bond donors (Lipinski definition) is 1. The molecule has 0 spiro atoms. The average Bonchev–Trinajstić information content (AvgIpc) is 2.60. The van der Waals surface area contributed by atoms with Gasteiger partial charge in [-0.15, -0.1) is 0 Å². The fourth-order valence-electron chi connectivity index (χ4n) is 1.50. The molecule has 0 amide bonds. The van der Waals surface area contributed by atoms with Gasteiger partial charge in [-0.2, -0.15) is 5.10 Å². The number of hydrogen-bond acceptors (Lipinski definition) is 3. The van der Waals surface area contributed by atoms with Crippen LogP contribution in [0.15, 0.2) is 24.4 Å². The van der Waals surface area contributed by atoms with Crippen molar-refractivity contribution >= 4 is 16.6 Å². The SMILES string of the molecule is CCOCCn1cc2ccc(N)cc2n1. The third kappa shape index (κ3) is 2.27. The van der Waals surface area contributed by atoms with Crippen molar-refractivity contribution in [1.82, 2.24) is 9.78 Å². The standard InChI is InChI=1S/C11H15N3O/c1-2-15-6-5-14-8-9-3-4-10(12)7-11(9)13-14/h3-4,7-8H,2,5-6,12H2,1H3. The van der Waals surface area contributed by atoms with Crippen LogP contribution in [0.1, 0.15) is 6.92 Å². The van der Waals surface area contributed by atoms with Gasteiger partial charge in [0.25, 0.3) is 0 Å². The third-order valence-electron chi connectivity index (χ3n) is 2.25. The van der Waals surface area contributed by atoms with E-state index in [0.717, 1.165) is 29.7 Å². The zero-order valence-electron chi connectivity index (χ0n) is 8.81. The van der Waals surface area contributed by atoms with E-state index in [-0.39, 0.29) is 0 Å². The summed E-state index contributed by atoms with van der Waals surface area (Å²) in [6, 6.07) is 5.75. The highest BCUT2D eigenvalue weighted by Crippen LogP contribution is 2.15. The summed E-state index contributed by atoms with van der Waals surface area (Å²) in [4.78, 5) is 0. The summed E-state index contributed by atoms with van der Waals surface area (Å²) in [6.45, 7) is 4.20. The van der Waals surface area contributed by atoms with Crippen LogP contribution in [-0.4, -0.2) is 23.0 Å². The Morgan fingerprint density at radius 2 is 2.33 bits per heavy atom. The Hall–Kier alpha value is -1.55. The molecule has 4 nitrogen and oxygen atoms in total. The molecular weight excluding hydrogens is 190 g/mol. The largest absolute Gasteiger partial charge is 0.399 e. The van der Waals surface area contributed by atoms with Crippen LogP contribution in [0.4, 0.5) is 5.69 Å². The quantitative estimate of drug-likeness (QED) is 0.610. The molecule has 1 aromatic carbocycles. The van der Waals surface area contributed by atoms with E-state index in [9.17, 15) is 0 Å². The summed E-state index contributed by atoms with van der Waals surface area (Å²) >= 11 is 0. The van der Waals surface area contributed by atoms with Crippen molar-refractivity contribution in [2.45, 2.75) is 13.5 Å². The van der Waals surface area contributed by atoms with E-state index < -0.39 is 0 Å². The van der Waals surface area contributed by atoms with Gasteiger partial charge in [-0.05, 0) is 25.1 Å². The average molecular weight is 205 g/mol. The van der Waals surface area contributed by atoms with Crippen molar-refractivity contribution in [3.8, 4) is 0 Å². The first kappa shape index (κ1) is 9.98. The van der Waals surface area contributed by atoms with Gasteiger partial charge < -0.3 is 10.5 Å². The van der Waals surface area contributed by atoms with Crippen molar-refractivity contribution in [2.24, 2.45) is 0 Å². The van der Waals surface area contributed by atoms with E-state index in [4.69, 9.17) is 10.5 Å². The second-order valence-corrected chi connectivity index (χ2v) is 3.41. The summed E-state index contributed by atoms with van der Waals surface area (Å²) in [5.74, 6) is 0. The Morgan fingerprint density at radius 1 is 1.47 bits per heavy atom. The van der Waals surface area contributed by atoms with Crippen molar-refractivity contribution in [1.29, 1.82) is 0 Å². The molecule has 0 unspecified atom stereocenters. The number of benzene rings is 1. The van der Waals surface area contributed by atoms with Crippen LogP contribution < -0.4 is 5.73 Å². The maximum atomic E-state index is 5.68. The summed E-state index contributed by atoms with van der Waals surface area (Å²) in [5, 5.41) is 5.51. The molecule has 0 aliphatic rings. The summed E-state index contributed by atoms with van der Waals surface area (Å²) in [5.41, 5.74) is 7.37. The summed E-state index contributed by atoms with van der Waals surface area (Å²) < 4.78 is 7.16. The van der Waals surface area contributed by atoms with E-state index >= 15 is 0 Å². The molecule has 0 aliphatic heterocycles. The molecule has 0 radical (unpaired) electrons. The number of aromatic nitrogens is 2. The van der Waals surface area contributed by atoms with Crippen molar-refractivity contribution in [2.75, 3.05) is 18.9 Å². The normalized spacial score (nSPS) is 11.0. The fraction of sp³-hybridized carbons (Fsp3) is 0.364. The first-order valence-electron chi connectivity index (χ1n) is 5.10. The Morgan fingerprint density at radius 3 is 3.13 bits per heavy atom. The lowest BCUT2D eigenvalue weighted by Gasteiger charge is -2.00. The molecule has 1 heterocycles. The molecule has 0 saturated heterocycles. The second kappa shape index (κ2) is 4.31. The molecule has 0 bridgehead atoms. The number of rotatable bonds is 4. The lowest BCUT2D eigenvalue weighted by Crippen LogP contribution is -2.05. The van der Waals surface area contributed by atoms with Crippen LogP contribution in [-0.2, 0) is 11.3 Å². The van der Waals surface area contributed by atoms with Gasteiger partial charge in [0.1, 0.15) is 0 Å². The Bertz CT molecular complexity index is 450. The van der Waals surface area contributed by atoms with Gasteiger partial charge in [-0.3, -0.25) is 4.68 Å². The highest BCUT2D eigenvalue weighted by molar-refractivity contribution is 5.81. The highest BCUT2D eigenvalue weighted by atomic mass is 16.5. The van der Waals surface area contributed by atoms with Crippen LogP contribution in [0, 0.1) is 0 Å². The van der Waals surface area contributed by atoms with Crippen LogP contribution in [0.2, 0.25) is 0 Å². The van der Waals surface area contributed by atoms with E-state index in [1.165, 1.54) is 0 Å². The van der Waals surface area contributed by atoms with Crippen LogP contribution in [0.3, 0.4) is 0 Å². The predicted molar refractivity (Wildman–Crippen MR) is 60.6 cm³/mol. The highest BCUT2D eigenvalue weighted by Gasteiger charge is 2.00. The molecule has 0 saturated carbocycles. The summed E-state index contributed by atoms with van der Waals surface area (Å²) in [7, 11) is 0. The Labute approximate surface area is 88.6 Å². The van der Waals surface area contributed by atoms with Gasteiger partial charge in [0.05, 0.1) is 18.7 Å². The third-order valence-corrected chi connectivity index (χ3v) is 2.25. The van der Waals surface area contributed by atoms with Crippen molar-refractivity contribution < 1.29 is 4.74 Å². The van der Waals surface area contributed by atoms with Gasteiger partial charge in [0, 0.05) is 23.9 Å². The zero-order valence-corrected chi connectivity index (χ0v) is 8.81. The van der Waals surface area contributed by atoms with E-state index in [2.05, 4.69) is 5.10 Å². The molecule has 2 N–H and O–H groups in total. The Balaban J connectivity index is 2.16. The molecule has 1 aromatic heterocycles. The monoisotopic (exact) mass is 205 g/mol. The smallest absolute Gasteiger partial charge is 0.0943 e. The number of anilines is 1. The van der Waals surface area contributed by atoms with Crippen LogP contribution >= 0.6 is 0 Å². The molecule has 80 valence electrons. The molecule has 0 fully saturated rings. The van der Waals surface area contributed by atoms with Crippen LogP contribution in [0.25, 0.3) is 10.9 Å². The minimum Gasteiger partial charge on any atom is -0.399 e. The fourth-order valence-corrected chi connectivity index (χ4v) is 1.50. The lowest BCUT2D eigenvalue weighted by molar-refractivity contribution is 0.136. The minimum absolute atomic E-state index is 0.694. The van der Waals surface area contributed by atoms with Gasteiger partial charge in [0.15, 0.2) is 0 Å². The van der Waals surface area contributed by atoms with E-state index in [1.54, 1.807) is 0 Å². The molecule has 15 heavy (non-hydrogen) atoms. The van der Waals surface area contributed by atoms with Crippen molar-refractivity contribution in [3.63, 3.8) is 0 Å².